The molecule has 0 atom stereocenters. The summed E-state index contributed by atoms with van der Waals surface area (Å²) in [6.07, 6.45) is 4.17. The Morgan fingerprint density at radius 3 is 2.00 bits per heavy atom. The summed E-state index contributed by atoms with van der Waals surface area (Å²) in [4.78, 5) is 12.0. The predicted octanol–water partition coefficient (Wildman–Crippen LogP) is 6.16. The van der Waals surface area contributed by atoms with Gasteiger partial charge in [-0.3, -0.25) is 0 Å². The van der Waals surface area contributed by atoms with Crippen molar-refractivity contribution < 1.29 is 19.0 Å². The molecule has 4 heteroatoms. The fourth-order valence-corrected chi connectivity index (χ4v) is 2.89. The lowest BCUT2D eigenvalue weighted by Crippen LogP contribution is -2.39. The van der Waals surface area contributed by atoms with Gasteiger partial charge in [0.25, 0.3) is 0 Å². The Morgan fingerprint density at radius 2 is 1.39 bits per heavy atom. The number of ether oxygens (including phenoxy) is 3. The van der Waals surface area contributed by atoms with E-state index < -0.39 is 5.60 Å². The van der Waals surface area contributed by atoms with E-state index in [1.54, 1.807) is 20.8 Å². The quantitative estimate of drug-likeness (QED) is 0.310. The molecule has 0 heterocycles. The molecule has 0 radical (unpaired) electrons. The zero-order valence-electron chi connectivity index (χ0n) is 18.2. The molecule has 3 aromatic carbocycles. The van der Waals surface area contributed by atoms with Crippen LogP contribution in [0.2, 0.25) is 0 Å². The smallest absolute Gasteiger partial charge is 0.349 e. The molecule has 160 valence electrons. The van der Waals surface area contributed by atoms with E-state index in [4.69, 9.17) is 14.2 Å². The number of esters is 1. The zero-order valence-corrected chi connectivity index (χ0v) is 18.2. The highest BCUT2D eigenvalue weighted by molar-refractivity contribution is 5.79. The number of rotatable bonds is 9. The lowest BCUT2D eigenvalue weighted by Gasteiger charge is -2.24. The van der Waals surface area contributed by atoms with Gasteiger partial charge >= 0.3 is 5.97 Å². The van der Waals surface area contributed by atoms with Gasteiger partial charge in [0, 0.05) is 0 Å². The fraction of sp³-hybridized carbons (Fsp3) is 0.222. The van der Waals surface area contributed by atoms with Crippen molar-refractivity contribution in [2.75, 3.05) is 6.61 Å². The highest BCUT2D eigenvalue weighted by atomic mass is 16.6. The van der Waals surface area contributed by atoms with Gasteiger partial charge in [0.15, 0.2) is 5.60 Å². The number of hydrogen-bond donors (Lipinski definition) is 0. The Bertz CT molecular complexity index is 988. The monoisotopic (exact) mass is 416 g/mol. The summed E-state index contributed by atoms with van der Waals surface area (Å²) < 4.78 is 16.7. The standard InChI is InChI=1S/C27H28O4/c1-4-29-26(28)27(2,3)31-25-18-14-23(15-19-25)20-30-24-16-12-22(13-17-24)11-10-21-8-6-5-7-9-21/h5-19H,4,20H2,1-3H3/b11-10+. The largest absolute Gasteiger partial charge is 0.489 e. The summed E-state index contributed by atoms with van der Waals surface area (Å²) in [5, 5.41) is 0. The Balaban J connectivity index is 1.52. The van der Waals surface area contributed by atoms with Gasteiger partial charge in [0.1, 0.15) is 18.1 Å². The molecule has 0 amide bonds. The highest BCUT2D eigenvalue weighted by Crippen LogP contribution is 2.21. The van der Waals surface area contributed by atoms with Crippen molar-refractivity contribution in [1.29, 1.82) is 0 Å². The topological polar surface area (TPSA) is 44.8 Å². The minimum Gasteiger partial charge on any atom is -0.489 e. The van der Waals surface area contributed by atoms with Gasteiger partial charge in [0.2, 0.25) is 0 Å². The normalized spacial score (nSPS) is 11.3. The average Bonchev–Trinajstić information content (AvgIpc) is 2.78. The van der Waals surface area contributed by atoms with Gasteiger partial charge in [-0.2, -0.15) is 0 Å². The third-order valence-electron chi connectivity index (χ3n) is 4.62. The first-order valence-electron chi connectivity index (χ1n) is 10.4. The molecule has 0 saturated heterocycles. The minimum absolute atomic E-state index is 0.326. The van der Waals surface area contributed by atoms with E-state index in [1.165, 1.54) is 5.56 Å². The van der Waals surface area contributed by atoms with Crippen LogP contribution in [0.3, 0.4) is 0 Å². The Labute approximate surface area is 184 Å². The second-order valence-electron chi connectivity index (χ2n) is 7.58. The van der Waals surface area contributed by atoms with Crippen LogP contribution in [0.25, 0.3) is 12.2 Å². The lowest BCUT2D eigenvalue weighted by atomic mass is 10.1. The van der Waals surface area contributed by atoms with Crippen molar-refractivity contribution in [2.24, 2.45) is 0 Å². The molecule has 3 rings (SSSR count). The molecule has 0 N–H and O–H groups in total. The first-order chi connectivity index (χ1) is 15.0. The van der Waals surface area contributed by atoms with E-state index in [-0.39, 0.29) is 5.97 Å². The van der Waals surface area contributed by atoms with E-state index in [0.717, 1.165) is 16.9 Å². The molecule has 0 aromatic heterocycles. The van der Waals surface area contributed by atoms with Crippen LogP contribution in [0.1, 0.15) is 37.5 Å². The van der Waals surface area contributed by atoms with Crippen LogP contribution in [0.15, 0.2) is 78.9 Å². The van der Waals surface area contributed by atoms with Crippen LogP contribution in [-0.4, -0.2) is 18.2 Å². The second-order valence-corrected chi connectivity index (χ2v) is 7.58. The molecule has 0 saturated carbocycles. The van der Waals surface area contributed by atoms with Crippen LogP contribution in [0.5, 0.6) is 11.5 Å². The van der Waals surface area contributed by atoms with Gasteiger partial charge in [-0.05, 0) is 61.7 Å². The molecule has 0 aliphatic heterocycles. The number of benzene rings is 3. The van der Waals surface area contributed by atoms with Crippen LogP contribution < -0.4 is 9.47 Å². The SMILES string of the molecule is CCOC(=O)C(C)(C)Oc1ccc(COc2ccc(/C=C/c3ccccc3)cc2)cc1. The molecule has 0 aliphatic rings. The lowest BCUT2D eigenvalue weighted by molar-refractivity contribution is -0.158. The van der Waals surface area contributed by atoms with E-state index in [1.807, 2.05) is 66.7 Å². The Hall–Kier alpha value is -3.53. The van der Waals surface area contributed by atoms with Crippen LogP contribution in [0.4, 0.5) is 0 Å². The van der Waals surface area contributed by atoms with E-state index in [9.17, 15) is 4.79 Å². The predicted molar refractivity (Wildman–Crippen MR) is 124 cm³/mol. The summed E-state index contributed by atoms with van der Waals surface area (Å²) in [5.41, 5.74) is 2.25. The average molecular weight is 417 g/mol. The third kappa shape index (κ3) is 6.75. The van der Waals surface area contributed by atoms with Gasteiger partial charge < -0.3 is 14.2 Å². The molecule has 3 aromatic rings. The molecule has 0 fully saturated rings. The molecular weight excluding hydrogens is 388 g/mol. The minimum atomic E-state index is -1.04. The summed E-state index contributed by atoms with van der Waals surface area (Å²) in [6, 6.07) is 25.7. The summed E-state index contributed by atoms with van der Waals surface area (Å²) >= 11 is 0. The van der Waals surface area contributed by atoms with Gasteiger partial charge in [-0.25, -0.2) is 4.79 Å². The summed E-state index contributed by atoms with van der Waals surface area (Å²) in [6.45, 7) is 5.94. The van der Waals surface area contributed by atoms with Crippen molar-refractivity contribution in [3.05, 3.63) is 95.6 Å². The maximum absolute atomic E-state index is 12.0. The molecule has 0 bridgehead atoms. The zero-order chi connectivity index (χ0) is 22.1. The number of hydrogen-bond acceptors (Lipinski definition) is 4. The van der Waals surface area contributed by atoms with Crippen LogP contribution >= 0.6 is 0 Å². The maximum atomic E-state index is 12.0. The number of carbonyl (C=O) groups is 1. The molecule has 0 unspecified atom stereocenters. The van der Waals surface area contributed by atoms with Crippen molar-refractivity contribution >= 4 is 18.1 Å². The maximum Gasteiger partial charge on any atom is 0.349 e. The summed E-state index contributed by atoms with van der Waals surface area (Å²) in [5.74, 6) is 1.03. The van der Waals surface area contributed by atoms with Gasteiger partial charge in [-0.15, -0.1) is 0 Å². The molecule has 31 heavy (non-hydrogen) atoms. The van der Waals surface area contributed by atoms with Gasteiger partial charge in [-0.1, -0.05) is 66.7 Å². The molecule has 0 spiro atoms. The van der Waals surface area contributed by atoms with Gasteiger partial charge in [0.05, 0.1) is 6.61 Å². The van der Waals surface area contributed by atoms with Crippen molar-refractivity contribution in [1.82, 2.24) is 0 Å². The summed E-state index contributed by atoms with van der Waals surface area (Å²) in [7, 11) is 0. The van der Waals surface area contributed by atoms with Crippen molar-refractivity contribution in [2.45, 2.75) is 33.0 Å². The Kier molecular flexibility index (Phi) is 7.50. The van der Waals surface area contributed by atoms with Crippen LogP contribution in [-0.2, 0) is 16.1 Å². The third-order valence-corrected chi connectivity index (χ3v) is 4.62. The number of carbonyl (C=O) groups excluding carboxylic acids is 1. The first-order valence-corrected chi connectivity index (χ1v) is 10.4. The highest BCUT2D eigenvalue weighted by Gasteiger charge is 2.31. The van der Waals surface area contributed by atoms with Crippen molar-refractivity contribution in [3.63, 3.8) is 0 Å². The van der Waals surface area contributed by atoms with Crippen molar-refractivity contribution in [3.8, 4) is 11.5 Å². The fourth-order valence-electron chi connectivity index (χ4n) is 2.89. The van der Waals surface area contributed by atoms with E-state index in [2.05, 4.69) is 24.3 Å². The van der Waals surface area contributed by atoms with E-state index in [0.29, 0.717) is 19.0 Å². The molecular formula is C27H28O4. The van der Waals surface area contributed by atoms with E-state index >= 15 is 0 Å². The van der Waals surface area contributed by atoms with Crippen LogP contribution in [0, 0.1) is 0 Å². The Morgan fingerprint density at radius 1 is 0.806 bits per heavy atom. The second kappa shape index (κ2) is 10.5. The molecule has 4 nitrogen and oxygen atoms in total. The molecule has 0 aliphatic carbocycles. The first kappa shape index (κ1) is 22.2.